The van der Waals surface area contributed by atoms with E-state index in [0.29, 0.717) is 33.6 Å². The van der Waals surface area contributed by atoms with Gasteiger partial charge in [-0.15, -0.1) is 0 Å². The molecule has 6 N–H and O–H groups in total. The van der Waals surface area contributed by atoms with Gasteiger partial charge in [0.2, 0.25) is 17.5 Å². The Bertz CT molecular complexity index is 1280. The quantitative estimate of drug-likeness (QED) is 0.188. The Morgan fingerprint density at radius 1 is 1.24 bits per heavy atom. The van der Waals surface area contributed by atoms with Crippen molar-refractivity contribution in [2.45, 2.75) is 92.1 Å². The molecule has 5 heterocycles. The van der Waals surface area contributed by atoms with Crippen LogP contribution >= 0.6 is 23.5 Å². The van der Waals surface area contributed by atoms with Crippen LogP contribution in [0.2, 0.25) is 0 Å². The number of amides is 4. The summed E-state index contributed by atoms with van der Waals surface area (Å²) in [5.74, 6) is 0.394. The summed E-state index contributed by atoms with van der Waals surface area (Å²) in [5, 5.41) is 41.1. The monoisotopic (exact) mass is 623 g/mol. The molecule has 2 aromatic heterocycles. The van der Waals surface area contributed by atoms with E-state index in [-0.39, 0.29) is 42.4 Å². The van der Waals surface area contributed by atoms with Crippen LogP contribution in [0.15, 0.2) is 21.8 Å². The van der Waals surface area contributed by atoms with Crippen molar-refractivity contribution in [3.05, 3.63) is 12.3 Å². The molecule has 0 saturated carbocycles. The van der Waals surface area contributed by atoms with Crippen molar-refractivity contribution in [2.24, 2.45) is 11.8 Å². The fourth-order valence-electron chi connectivity index (χ4n) is 5.75. The molecule has 0 bridgehead atoms. The first-order chi connectivity index (χ1) is 20.1. The maximum absolute atomic E-state index is 13.0. The molecule has 42 heavy (non-hydrogen) atoms. The van der Waals surface area contributed by atoms with Gasteiger partial charge in [0.1, 0.15) is 23.7 Å². The van der Waals surface area contributed by atoms with Crippen LogP contribution < -0.4 is 21.3 Å². The number of nitrogens with one attached hydrogen (secondary N) is 4. The topological polar surface area (TPSA) is 201 Å². The minimum Gasteiger partial charge on any atom is -0.388 e. The van der Waals surface area contributed by atoms with Crippen LogP contribution in [0.1, 0.15) is 40.0 Å². The van der Waals surface area contributed by atoms with E-state index in [4.69, 9.17) is 9.37 Å². The van der Waals surface area contributed by atoms with Gasteiger partial charge in [0.25, 0.3) is 0 Å². The Morgan fingerprint density at radius 3 is 2.83 bits per heavy atom. The van der Waals surface area contributed by atoms with E-state index in [1.54, 1.807) is 12.3 Å². The molecular weight excluding hydrogens is 586 g/mol. The Labute approximate surface area is 251 Å². The van der Waals surface area contributed by atoms with Gasteiger partial charge in [0.15, 0.2) is 5.52 Å². The van der Waals surface area contributed by atoms with Gasteiger partial charge in [-0.2, -0.15) is 11.8 Å². The first-order valence-electron chi connectivity index (χ1n) is 14.1. The van der Waals surface area contributed by atoms with E-state index in [9.17, 15) is 24.6 Å². The highest BCUT2D eigenvalue weighted by Crippen LogP contribution is 2.35. The molecule has 0 aromatic carbocycles. The minimum absolute atomic E-state index is 0.0153. The van der Waals surface area contributed by atoms with Crippen LogP contribution in [0.5, 0.6) is 0 Å². The van der Waals surface area contributed by atoms with Crippen molar-refractivity contribution in [2.75, 3.05) is 12.3 Å². The van der Waals surface area contributed by atoms with Crippen molar-refractivity contribution < 1.29 is 34.0 Å². The standard InChI is InChI=1S/C26H37N7O7S2/c1-11(4-5-18-19-16(10-41-18)30-26(38)31-19)6-12(2)24(37)28-9-17-21(35)22(36)20(29-13(3)34)25(39-17)42-14-7-15-23(27-8-14)33-40-32-15/h7-8,11-12,16-22,25,35-36H,4-6,9-10H2,1-3H3,(H,28,37)(H,29,34)(H2,30,31,38)/t11?,12?,16-,17?,18-,19-,20?,21+,22?,25-/m0/s1. The van der Waals surface area contributed by atoms with Gasteiger partial charge in [0.05, 0.1) is 18.1 Å². The number of ether oxygens (including phenoxy) is 1. The van der Waals surface area contributed by atoms with Crippen LogP contribution in [0, 0.1) is 11.8 Å². The summed E-state index contributed by atoms with van der Waals surface area (Å²) >= 11 is 3.07. The summed E-state index contributed by atoms with van der Waals surface area (Å²) in [6, 6.07) is 1.05. The average Bonchev–Trinajstić information content (AvgIpc) is 3.66. The van der Waals surface area contributed by atoms with Crippen molar-refractivity contribution in [1.82, 2.24) is 36.6 Å². The van der Waals surface area contributed by atoms with E-state index < -0.39 is 29.8 Å². The molecule has 0 aliphatic carbocycles. The largest absolute Gasteiger partial charge is 0.388 e. The zero-order valence-corrected chi connectivity index (χ0v) is 25.2. The molecule has 16 heteroatoms. The normalized spacial score (nSPS) is 32.1. The van der Waals surface area contributed by atoms with Crippen molar-refractivity contribution in [3.63, 3.8) is 0 Å². The summed E-state index contributed by atoms with van der Waals surface area (Å²) in [5.41, 5.74) is -0.0147. The fraction of sp³-hybridized carbons (Fsp3) is 0.692. The molecule has 5 unspecified atom stereocenters. The first-order valence-corrected chi connectivity index (χ1v) is 16.0. The summed E-state index contributed by atoms with van der Waals surface area (Å²) < 4.78 is 10.8. The molecule has 14 nitrogen and oxygen atoms in total. The van der Waals surface area contributed by atoms with Gasteiger partial charge in [-0.25, -0.2) is 14.4 Å². The molecule has 3 aliphatic rings. The maximum Gasteiger partial charge on any atom is 0.315 e. The van der Waals surface area contributed by atoms with Crippen molar-refractivity contribution in [1.29, 1.82) is 0 Å². The van der Waals surface area contributed by atoms with E-state index in [1.165, 1.54) is 18.7 Å². The van der Waals surface area contributed by atoms with Crippen LogP contribution in [0.3, 0.4) is 0 Å². The summed E-state index contributed by atoms with van der Waals surface area (Å²) in [6.07, 6.45) is 0.558. The zero-order valence-electron chi connectivity index (χ0n) is 23.6. The highest BCUT2D eigenvalue weighted by atomic mass is 32.2. The number of hydrogen-bond acceptors (Lipinski definition) is 12. The minimum atomic E-state index is -1.34. The molecule has 2 aromatic rings. The Kier molecular flexibility index (Phi) is 9.77. The summed E-state index contributed by atoms with van der Waals surface area (Å²) in [6.45, 7) is 5.30. The number of aliphatic hydroxyl groups excluding tert-OH is 2. The number of pyridine rings is 1. The average molecular weight is 624 g/mol. The molecule has 10 atom stereocenters. The molecule has 3 aliphatic heterocycles. The number of nitrogens with zero attached hydrogens (tertiary/aromatic N) is 3. The smallest absolute Gasteiger partial charge is 0.315 e. The Balaban J connectivity index is 1.13. The predicted molar refractivity (Wildman–Crippen MR) is 154 cm³/mol. The number of aliphatic hydroxyl groups is 2. The number of rotatable bonds is 11. The molecular formula is C26H37N7O7S2. The lowest BCUT2D eigenvalue weighted by atomic mass is 9.91. The number of aromatic nitrogens is 3. The fourth-order valence-corrected chi connectivity index (χ4v) is 8.40. The highest BCUT2D eigenvalue weighted by molar-refractivity contribution is 8.00. The molecule has 3 saturated heterocycles. The Morgan fingerprint density at radius 2 is 2.05 bits per heavy atom. The zero-order chi connectivity index (χ0) is 30.0. The second-order valence-corrected chi connectivity index (χ2v) is 13.8. The number of carbonyl (C=O) groups excluding carboxylic acids is 3. The molecule has 5 rings (SSSR count). The Hall–Kier alpha value is -2.66. The second kappa shape index (κ2) is 13.3. The second-order valence-electron chi connectivity index (χ2n) is 11.3. The SMILES string of the molecule is CC(=O)NC1C(O)[C@H](O)C(CNC(=O)C(C)CC(C)CC[C@@H]2SC[C@@H]3NC(=O)N[C@@H]32)O[C@H]1Sc1cnc2nonc2c1. The number of carbonyl (C=O) groups is 3. The van der Waals surface area contributed by atoms with E-state index in [2.05, 4.69) is 43.5 Å². The van der Waals surface area contributed by atoms with Gasteiger partial charge in [-0.1, -0.05) is 25.6 Å². The number of thioether (sulfide) groups is 2. The number of fused-ring (bicyclic) bond motifs is 2. The van der Waals surface area contributed by atoms with Crippen molar-refractivity contribution in [3.8, 4) is 0 Å². The lowest BCUT2D eigenvalue weighted by molar-refractivity contribution is -0.163. The third-order valence-corrected chi connectivity index (χ3v) is 10.6. The third kappa shape index (κ3) is 7.10. The van der Waals surface area contributed by atoms with Gasteiger partial charge < -0.3 is 36.2 Å². The van der Waals surface area contributed by atoms with E-state index >= 15 is 0 Å². The summed E-state index contributed by atoms with van der Waals surface area (Å²) in [7, 11) is 0. The van der Waals surface area contributed by atoms with Crippen LogP contribution in [0.4, 0.5) is 4.79 Å². The lowest BCUT2D eigenvalue weighted by Gasteiger charge is -2.42. The van der Waals surface area contributed by atoms with Crippen molar-refractivity contribution >= 4 is 52.5 Å². The first kappa shape index (κ1) is 30.8. The number of hydrogen-bond donors (Lipinski definition) is 6. The maximum atomic E-state index is 13.0. The van der Waals surface area contributed by atoms with Gasteiger partial charge in [-0.3, -0.25) is 9.59 Å². The molecule has 230 valence electrons. The van der Waals surface area contributed by atoms with E-state index in [0.717, 1.165) is 18.6 Å². The molecule has 3 fully saturated rings. The third-order valence-electron chi connectivity index (χ3n) is 7.97. The highest BCUT2D eigenvalue weighted by Gasteiger charge is 2.46. The molecule has 0 spiro atoms. The number of urea groups is 1. The van der Waals surface area contributed by atoms with Crippen LogP contribution in [-0.4, -0.2) is 103 Å². The molecule has 4 amide bonds. The predicted octanol–water partition coefficient (Wildman–Crippen LogP) is 0.385. The lowest BCUT2D eigenvalue weighted by Crippen LogP contribution is -2.64. The van der Waals surface area contributed by atoms with Gasteiger partial charge >= 0.3 is 6.03 Å². The van der Waals surface area contributed by atoms with Crippen LogP contribution in [-0.2, 0) is 14.3 Å². The molecule has 0 radical (unpaired) electrons. The van der Waals surface area contributed by atoms with Gasteiger partial charge in [0, 0.05) is 41.5 Å². The van der Waals surface area contributed by atoms with E-state index in [1.807, 2.05) is 18.7 Å². The summed E-state index contributed by atoms with van der Waals surface area (Å²) in [4.78, 5) is 41.3. The van der Waals surface area contributed by atoms with Gasteiger partial charge in [-0.05, 0) is 41.6 Å². The van der Waals surface area contributed by atoms with Crippen LogP contribution in [0.25, 0.3) is 11.2 Å².